The normalized spacial score (nSPS) is 27.7. The Hall–Kier alpha value is -0.950. The number of benzene rings is 1. The average Bonchev–Trinajstić information content (AvgIpc) is 3.18. The van der Waals surface area contributed by atoms with Gasteiger partial charge in [0, 0.05) is 18.7 Å². The second-order valence-electron chi connectivity index (χ2n) is 6.07. The lowest BCUT2D eigenvalue weighted by molar-refractivity contribution is 0.0793. The number of ether oxygens (including phenoxy) is 1. The number of primary sulfonamides is 1. The van der Waals surface area contributed by atoms with E-state index in [1.807, 2.05) is 12.1 Å². The highest BCUT2D eigenvalue weighted by Crippen LogP contribution is 2.39. The summed E-state index contributed by atoms with van der Waals surface area (Å²) in [6.45, 7) is 2.92. The Bertz CT molecular complexity index is 596. The van der Waals surface area contributed by atoms with Crippen molar-refractivity contribution in [2.45, 2.75) is 49.3 Å². The quantitative estimate of drug-likeness (QED) is 0.864. The molecule has 2 fully saturated rings. The van der Waals surface area contributed by atoms with Crippen LogP contribution in [0, 0.1) is 5.92 Å². The zero-order chi connectivity index (χ0) is 15.0. The van der Waals surface area contributed by atoms with E-state index in [-0.39, 0.29) is 10.9 Å². The van der Waals surface area contributed by atoms with Crippen LogP contribution in [0.2, 0.25) is 0 Å². The molecule has 6 heteroatoms. The van der Waals surface area contributed by atoms with E-state index in [4.69, 9.17) is 9.88 Å². The number of hydrogen-bond acceptors (Lipinski definition) is 4. The van der Waals surface area contributed by atoms with Crippen LogP contribution in [-0.2, 0) is 14.8 Å². The smallest absolute Gasteiger partial charge is 0.238 e. The standard InChI is InChI=1S/C15H22N2O3S/c1-10(11-4-6-13(7-5-11)21(16,18)19)17-14-8-9-20-15(14)12-2-3-12/h4-7,10,12,14-15,17H,2-3,8-9H2,1H3,(H2,16,18,19). The molecule has 0 bridgehead atoms. The minimum absolute atomic E-state index is 0.151. The van der Waals surface area contributed by atoms with Gasteiger partial charge in [-0.15, -0.1) is 0 Å². The van der Waals surface area contributed by atoms with E-state index in [9.17, 15) is 8.42 Å². The van der Waals surface area contributed by atoms with Crippen LogP contribution in [0.5, 0.6) is 0 Å². The lowest BCUT2D eigenvalue weighted by Crippen LogP contribution is -2.39. The molecule has 0 aromatic heterocycles. The van der Waals surface area contributed by atoms with Gasteiger partial charge >= 0.3 is 0 Å². The topological polar surface area (TPSA) is 81.4 Å². The van der Waals surface area contributed by atoms with Crippen LogP contribution in [0.3, 0.4) is 0 Å². The molecule has 3 rings (SSSR count). The molecule has 2 aliphatic rings. The number of hydrogen-bond donors (Lipinski definition) is 2. The Kier molecular flexibility index (Phi) is 4.05. The second kappa shape index (κ2) is 5.68. The van der Waals surface area contributed by atoms with Gasteiger partial charge < -0.3 is 10.1 Å². The molecule has 1 saturated heterocycles. The fourth-order valence-corrected chi connectivity index (χ4v) is 3.56. The fraction of sp³-hybridized carbons (Fsp3) is 0.600. The van der Waals surface area contributed by atoms with E-state index in [2.05, 4.69) is 12.2 Å². The largest absolute Gasteiger partial charge is 0.376 e. The Morgan fingerprint density at radius 1 is 1.24 bits per heavy atom. The van der Waals surface area contributed by atoms with Crippen molar-refractivity contribution in [3.05, 3.63) is 29.8 Å². The molecule has 1 heterocycles. The van der Waals surface area contributed by atoms with Crippen molar-refractivity contribution in [3.8, 4) is 0 Å². The Morgan fingerprint density at radius 3 is 2.48 bits per heavy atom. The number of nitrogens with one attached hydrogen (secondary N) is 1. The molecule has 3 unspecified atom stereocenters. The highest BCUT2D eigenvalue weighted by atomic mass is 32.2. The van der Waals surface area contributed by atoms with Crippen LogP contribution in [0.15, 0.2) is 29.2 Å². The maximum Gasteiger partial charge on any atom is 0.238 e. The van der Waals surface area contributed by atoms with E-state index >= 15 is 0 Å². The molecule has 5 nitrogen and oxygen atoms in total. The van der Waals surface area contributed by atoms with Crippen molar-refractivity contribution in [1.82, 2.24) is 5.32 Å². The molecule has 1 saturated carbocycles. The van der Waals surface area contributed by atoms with Gasteiger partial charge in [0.25, 0.3) is 0 Å². The Labute approximate surface area is 125 Å². The van der Waals surface area contributed by atoms with Crippen LogP contribution in [0.4, 0.5) is 0 Å². The molecule has 3 N–H and O–H groups in total. The van der Waals surface area contributed by atoms with Gasteiger partial charge in [-0.25, -0.2) is 13.6 Å². The summed E-state index contributed by atoms with van der Waals surface area (Å²) in [6.07, 6.45) is 3.94. The first-order valence-corrected chi connectivity index (χ1v) is 9.00. The van der Waals surface area contributed by atoms with Gasteiger partial charge in [-0.05, 0) is 49.8 Å². The van der Waals surface area contributed by atoms with E-state index in [0.717, 1.165) is 24.5 Å². The van der Waals surface area contributed by atoms with E-state index in [1.165, 1.54) is 12.8 Å². The van der Waals surface area contributed by atoms with Crippen molar-refractivity contribution >= 4 is 10.0 Å². The van der Waals surface area contributed by atoms with Crippen LogP contribution in [0.25, 0.3) is 0 Å². The zero-order valence-corrected chi connectivity index (χ0v) is 13.0. The molecule has 1 aliphatic heterocycles. The molecular weight excluding hydrogens is 288 g/mol. The maximum atomic E-state index is 11.3. The Morgan fingerprint density at radius 2 is 1.90 bits per heavy atom. The molecular formula is C15H22N2O3S. The molecule has 0 amide bonds. The molecule has 116 valence electrons. The van der Waals surface area contributed by atoms with Crippen molar-refractivity contribution < 1.29 is 13.2 Å². The summed E-state index contributed by atoms with van der Waals surface area (Å²) in [4.78, 5) is 0.151. The van der Waals surface area contributed by atoms with Gasteiger partial charge in [0.05, 0.1) is 11.0 Å². The summed E-state index contributed by atoms with van der Waals surface area (Å²) in [5, 5.41) is 8.73. The summed E-state index contributed by atoms with van der Waals surface area (Å²) in [5.74, 6) is 0.724. The number of rotatable bonds is 5. The molecule has 21 heavy (non-hydrogen) atoms. The summed E-state index contributed by atoms with van der Waals surface area (Å²) < 4.78 is 28.4. The fourth-order valence-electron chi connectivity index (χ4n) is 3.04. The first kappa shape index (κ1) is 15.0. The van der Waals surface area contributed by atoms with Crippen LogP contribution in [-0.4, -0.2) is 27.2 Å². The van der Waals surface area contributed by atoms with Crippen LogP contribution >= 0.6 is 0 Å². The van der Waals surface area contributed by atoms with Gasteiger partial charge in [-0.2, -0.15) is 0 Å². The van der Waals surface area contributed by atoms with E-state index < -0.39 is 10.0 Å². The predicted octanol–water partition coefficient (Wildman–Crippen LogP) is 1.55. The zero-order valence-electron chi connectivity index (χ0n) is 12.2. The highest BCUT2D eigenvalue weighted by molar-refractivity contribution is 7.89. The lowest BCUT2D eigenvalue weighted by Gasteiger charge is -2.24. The van der Waals surface area contributed by atoms with Crippen molar-refractivity contribution in [2.24, 2.45) is 11.1 Å². The summed E-state index contributed by atoms with van der Waals surface area (Å²) in [5.41, 5.74) is 1.06. The Balaban J connectivity index is 1.66. The molecule has 0 spiro atoms. The maximum absolute atomic E-state index is 11.3. The van der Waals surface area contributed by atoms with E-state index in [1.54, 1.807) is 12.1 Å². The predicted molar refractivity (Wildman–Crippen MR) is 80.2 cm³/mol. The SMILES string of the molecule is CC(NC1CCOC1C1CC1)c1ccc(S(N)(=O)=O)cc1. The van der Waals surface area contributed by atoms with Crippen molar-refractivity contribution in [3.63, 3.8) is 0 Å². The highest BCUT2D eigenvalue weighted by Gasteiger charge is 2.40. The van der Waals surface area contributed by atoms with Crippen molar-refractivity contribution in [1.29, 1.82) is 0 Å². The lowest BCUT2D eigenvalue weighted by atomic mass is 10.0. The van der Waals surface area contributed by atoms with Gasteiger partial charge in [-0.1, -0.05) is 12.1 Å². The molecule has 1 aromatic carbocycles. The molecule has 3 atom stereocenters. The third kappa shape index (κ3) is 3.45. The van der Waals surface area contributed by atoms with Crippen molar-refractivity contribution in [2.75, 3.05) is 6.61 Å². The summed E-state index contributed by atoms with van der Waals surface area (Å²) in [6, 6.07) is 7.31. The second-order valence-corrected chi connectivity index (χ2v) is 7.63. The minimum Gasteiger partial charge on any atom is -0.376 e. The first-order chi connectivity index (χ1) is 9.95. The third-order valence-corrected chi connectivity index (χ3v) is 5.32. The molecule has 1 aliphatic carbocycles. The number of nitrogens with two attached hydrogens (primary N) is 1. The van der Waals surface area contributed by atoms with E-state index in [0.29, 0.717) is 12.1 Å². The van der Waals surface area contributed by atoms with Crippen LogP contribution in [0.1, 0.15) is 37.8 Å². The molecule has 1 aromatic rings. The van der Waals surface area contributed by atoms with Gasteiger partial charge in [-0.3, -0.25) is 0 Å². The van der Waals surface area contributed by atoms with Crippen LogP contribution < -0.4 is 10.5 Å². The number of sulfonamides is 1. The van der Waals surface area contributed by atoms with Gasteiger partial charge in [0.2, 0.25) is 10.0 Å². The minimum atomic E-state index is -3.62. The average molecular weight is 310 g/mol. The monoisotopic (exact) mass is 310 g/mol. The third-order valence-electron chi connectivity index (χ3n) is 4.40. The summed E-state index contributed by atoms with van der Waals surface area (Å²) >= 11 is 0. The summed E-state index contributed by atoms with van der Waals surface area (Å²) in [7, 11) is -3.62. The van der Waals surface area contributed by atoms with Gasteiger partial charge in [0.1, 0.15) is 0 Å². The molecule has 0 radical (unpaired) electrons. The van der Waals surface area contributed by atoms with Gasteiger partial charge in [0.15, 0.2) is 0 Å². The first-order valence-electron chi connectivity index (χ1n) is 7.45.